The van der Waals surface area contributed by atoms with Crippen LogP contribution in [0.25, 0.3) is 21.5 Å². The van der Waals surface area contributed by atoms with Crippen LogP contribution in [0.5, 0.6) is 0 Å². The molecule has 0 bridgehead atoms. The van der Waals surface area contributed by atoms with Crippen LogP contribution >= 0.6 is 11.3 Å². The molecule has 0 N–H and O–H groups in total. The van der Waals surface area contributed by atoms with Gasteiger partial charge in [0.1, 0.15) is 23.1 Å². The monoisotopic (exact) mass is 384 g/mol. The number of pyridine rings is 1. The summed E-state index contributed by atoms with van der Waals surface area (Å²) in [6, 6.07) is 4.08. The minimum Gasteiger partial charge on any atom is -0.335 e. The molecule has 3 aromatic rings. The number of nitrogens with zero attached hydrogens (tertiary/aromatic N) is 4. The highest BCUT2D eigenvalue weighted by atomic mass is 32.1. The number of carbonyl (C=O) groups excluding carboxylic acids is 1. The Morgan fingerprint density at radius 3 is 2.69 bits per heavy atom. The summed E-state index contributed by atoms with van der Waals surface area (Å²) in [5, 5.41) is 4.11. The fourth-order valence-electron chi connectivity index (χ4n) is 2.72. The van der Waals surface area contributed by atoms with Crippen LogP contribution < -0.4 is 0 Å². The molecular weight excluding hydrogens is 372 g/mol. The van der Waals surface area contributed by atoms with Crippen molar-refractivity contribution in [3.8, 4) is 10.4 Å². The lowest BCUT2D eigenvalue weighted by Crippen LogP contribution is -2.52. The number of rotatable bonds is 3. The lowest BCUT2D eigenvalue weighted by Gasteiger charge is -2.34. The number of fused-ring (bicyclic) bond motifs is 1. The normalized spacial score (nSPS) is 15.5. The highest BCUT2D eigenvalue weighted by Crippen LogP contribution is 2.38. The highest BCUT2D eigenvalue weighted by molar-refractivity contribution is 7.15. The van der Waals surface area contributed by atoms with Gasteiger partial charge in [-0.25, -0.2) is 4.39 Å². The van der Waals surface area contributed by atoms with Gasteiger partial charge in [-0.15, -0.1) is 11.3 Å². The average molecular weight is 384 g/mol. The number of thiophene rings is 1. The van der Waals surface area contributed by atoms with E-state index >= 15 is 0 Å². The molecule has 0 saturated carbocycles. The van der Waals surface area contributed by atoms with Gasteiger partial charge in [0.05, 0.1) is 24.8 Å². The Kier molecular flexibility index (Phi) is 3.94. The third kappa shape index (κ3) is 3.05. The van der Waals surface area contributed by atoms with Crippen molar-refractivity contribution >= 4 is 28.3 Å². The zero-order chi connectivity index (χ0) is 18.5. The summed E-state index contributed by atoms with van der Waals surface area (Å²) in [7, 11) is 0. The van der Waals surface area contributed by atoms with Crippen LogP contribution in [0.4, 0.5) is 17.6 Å². The smallest absolute Gasteiger partial charge is 0.335 e. The zero-order valence-corrected chi connectivity index (χ0v) is 14.0. The van der Waals surface area contributed by atoms with E-state index in [1.54, 1.807) is 6.07 Å². The quantitative estimate of drug-likeness (QED) is 0.651. The molecule has 1 aliphatic rings. The third-order valence-electron chi connectivity index (χ3n) is 4.14. The number of aromatic nitrogens is 3. The average Bonchev–Trinajstić information content (AvgIpc) is 3.18. The van der Waals surface area contributed by atoms with Gasteiger partial charge in [-0.1, -0.05) is 0 Å². The van der Waals surface area contributed by atoms with Gasteiger partial charge in [0.2, 0.25) is 5.91 Å². The molecule has 4 rings (SSSR count). The first-order chi connectivity index (χ1) is 12.3. The Morgan fingerprint density at radius 2 is 2.04 bits per heavy atom. The Labute approximate surface area is 148 Å². The summed E-state index contributed by atoms with van der Waals surface area (Å²) >= 11 is 0.630. The van der Waals surface area contributed by atoms with E-state index in [2.05, 4.69) is 10.1 Å². The van der Waals surface area contributed by atoms with Crippen molar-refractivity contribution in [3.05, 3.63) is 35.5 Å². The van der Waals surface area contributed by atoms with Crippen LogP contribution in [0.15, 0.2) is 30.6 Å². The topological polar surface area (TPSA) is 51.0 Å². The molecular formula is C16H12F4N4OS. The van der Waals surface area contributed by atoms with E-state index in [1.165, 1.54) is 28.0 Å². The van der Waals surface area contributed by atoms with Crippen LogP contribution in [0.3, 0.4) is 0 Å². The van der Waals surface area contributed by atoms with Crippen LogP contribution in [0.1, 0.15) is 4.88 Å². The van der Waals surface area contributed by atoms with E-state index in [4.69, 9.17) is 0 Å². The van der Waals surface area contributed by atoms with E-state index in [9.17, 15) is 22.4 Å². The van der Waals surface area contributed by atoms with Crippen LogP contribution in [-0.2, 0) is 17.5 Å². The molecule has 10 heteroatoms. The standard InChI is InChI=1S/C16H12F4N4OS/c17-10-6-23(7-10)15(25)8-24-12-3-9(4-21-11(12)5-22-24)13-1-2-14(26-13)16(18,19)20/h1-5,10H,6-8H2. The van der Waals surface area contributed by atoms with Crippen molar-refractivity contribution in [1.29, 1.82) is 0 Å². The van der Waals surface area contributed by atoms with E-state index in [0.29, 0.717) is 32.8 Å². The van der Waals surface area contributed by atoms with Crippen molar-refractivity contribution in [2.45, 2.75) is 18.9 Å². The molecule has 0 unspecified atom stereocenters. The van der Waals surface area contributed by atoms with Crippen molar-refractivity contribution in [1.82, 2.24) is 19.7 Å². The molecule has 136 valence electrons. The maximum Gasteiger partial charge on any atom is 0.425 e. The highest BCUT2D eigenvalue weighted by Gasteiger charge is 2.33. The lowest BCUT2D eigenvalue weighted by molar-refractivity contribution is -0.139. The third-order valence-corrected chi connectivity index (χ3v) is 5.32. The van der Waals surface area contributed by atoms with Crippen LogP contribution in [0, 0.1) is 0 Å². The van der Waals surface area contributed by atoms with Crippen molar-refractivity contribution in [3.63, 3.8) is 0 Å². The summed E-state index contributed by atoms with van der Waals surface area (Å²) in [6.45, 7) is 0.0908. The van der Waals surface area contributed by atoms with Gasteiger partial charge in [0.15, 0.2) is 0 Å². The van der Waals surface area contributed by atoms with Crippen LogP contribution in [0.2, 0.25) is 0 Å². The van der Waals surface area contributed by atoms with Crippen LogP contribution in [-0.4, -0.2) is 44.8 Å². The second-order valence-corrected chi connectivity index (χ2v) is 7.07. The van der Waals surface area contributed by atoms with Gasteiger partial charge >= 0.3 is 6.18 Å². The summed E-state index contributed by atoms with van der Waals surface area (Å²) in [5.74, 6) is -0.259. The maximum atomic E-state index is 12.9. The first-order valence-electron chi connectivity index (χ1n) is 7.72. The Morgan fingerprint density at radius 1 is 1.27 bits per heavy atom. The zero-order valence-electron chi connectivity index (χ0n) is 13.2. The van der Waals surface area contributed by atoms with Gasteiger partial charge < -0.3 is 4.90 Å². The second kappa shape index (κ2) is 6.04. The number of amides is 1. The number of alkyl halides is 4. The molecule has 5 nitrogen and oxygen atoms in total. The number of halogens is 4. The number of likely N-dealkylation sites (tertiary alicyclic amines) is 1. The molecule has 0 aliphatic carbocycles. The van der Waals surface area contributed by atoms with Gasteiger partial charge in [0, 0.05) is 16.6 Å². The molecule has 0 radical (unpaired) electrons. The van der Waals surface area contributed by atoms with E-state index in [-0.39, 0.29) is 25.5 Å². The summed E-state index contributed by atoms with van der Waals surface area (Å²) in [5.41, 5.74) is 1.58. The predicted octanol–water partition coefficient (Wildman–Crippen LogP) is 3.36. The minimum atomic E-state index is -4.39. The molecule has 1 fully saturated rings. The Balaban J connectivity index is 1.62. The fraction of sp³-hybridized carbons (Fsp3) is 0.312. The molecule has 1 saturated heterocycles. The molecule has 0 atom stereocenters. The molecule has 3 aromatic heterocycles. The van der Waals surface area contributed by atoms with Gasteiger partial charge in [0.25, 0.3) is 0 Å². The molecule has 0 aromatic carbocycles. The lowest BCUT2D eigenvalue weighted by atomic mass is 10.2. The van der Waals surface area contributed by atoms with E-state index in [0.717, 1.165) is 6.07 Å². The fourth-order valence-corrected chi connectivity index (χ4v) is 3.57. The largest absolute Gasteiger partial charge is 0.425 e. The molecule has 1 amide bonds. The number of hydrogen-bond donors (Lipinski definition) is 0. The first-order valence-corrected chi connectivity index (χ1v) is 8.54. The summed E-state index contributed by atoms with van der Waals surface area (Å²) in [4.78, 5) is 17.4. The van der Waals surface area contributed by atoms with Gasteiger partial charge in [-0.05, 0) is 18.2 Å². The Hall–Kier alpha value is -2.49. The summed E-state index contributed by atoms with van der Waals surface area (Å²) < 4.78 is 52.7. The van der Waals surface area contributed by atoms with E-state index < -0.39 is 17.2 Å². The Bertz CT molecular complexity index is 974. The number of hydrogen-bond acceptors (Lipinski definition) is 4. The molecule has 4 heterocycles. The SMILES string of the molecule is O=C(Cn1ncc2ncc(-c3ccc(C(F)(F)F)s3)cc21)N1CC(F)C1. The molecule has 26 heavy (non-hydrogen) atoms. The first kappa shape index (κ1) is 17.0. The summed E-state index contributed by atoms with van der Waals surface area (Å²) in [6.07, 6.45) is -2.41. The van der Waals surface area contributed by atoms with Gasteiger partial charge in [-0.2, -0.15) is 18.3 Å². The molecule has 0 spiro atoms. The predicted molar refractivity (Wildman–Crippen MR) is 87.3 cm³/mol. The van der Waals surface area contributed by atoms with Crippen molar-refractivity contribution in [2.75, 3.05) is 13.1 Å². The van der Waals surface area contributed by atoms with E-state index in [1.807, 2.05) is 0 Å². The van der Waals surface area contributed by atoms with Crippen molar-refractivity contribution in [2.24, 2.45) is 0 Å². The number of carbonyl (C=O) groups is 1. The second-order valence-electron chi connectivity index (χ2n) is 5.99. The minimum absolute atomic E-state index is 0.0698. The van der Waals surface area contributed by atoms with Crippen molar-refractivity contribution < 1.29 is 22.4 Å². The maximum absolute atomic E-state index is 12.9. The van der Waals surface area contributed by atoms with Gasteiger partial charge in [-0.3, -0.25) is 14.5 Å². The molecule has 1 aliphatic heterocycles.